The van der Waals surface area contributed by atoms with E-state index in [4.69, 9.17) is 46.4 Å². The van der Waals surface area contributed by atoms with Crippen LogP contribution >= 0.6 is 46.4 Å². The highest BCUT2D eigenvalue weighted by molar-refractivity contribution is 6.44. The van der Waals surface area contributed by atoms with Crippen molar-refractivity contribution in [2.45, 2.75) is 48.2 Å². The lowest BCUT2D eigenvalue weighted by molar-refractivity contribution is 0.747. The summed E-state index contributed by atoms with van der Waals surface area (Å²) in [5, 5.41) is 2.61. The van der Waals surface area contributed by atoms with Gasteiger partial charge in [-0.05, 0) is 60.4 Å². The number of halogens is 4. The van der Waals surface area contributed by atoms with E-state index in [9.17, 15) is 0 Å². The van der Waals surface area contributed by atoms with Crippen LogP contribution in [0.3, 0.4) is 0 Å². The van der Waals surface area contributed by atoms with E-state index in [1.165, 1.54) is 21.9 Å². The zero-order valence-electron chi connectivity index (χ0n) is 12.4. The van der Waals surface area contributed by atoms with Gasteiger partial charge >= 0.3 is 0 Å². The number of benzene rings is 2. The summed E-state index contributed by atoms with van der Waals surface area (Å²) in [6.07, 6.45) is 5.63. The normalized spacial score (nSPS) is 11.7. The molecule has 0 aromatic heterocycles. The molecule has 0 N–H and O–H groups in total. The highest BCUT2D eigenvalue weighted by atomic mass is 35.5. The molecule has 0 saturated heterocycles. The van der Waals surface area contributed by atoms with Gasteiger partial charge in [-0.1, -0.05) is 36.4 Å². The van der Waals surface area contributed by atoms with Gasteiger partial charge in [-0.25, -0.2) is 0 Å². The van der Waals surface area contributed by atoms with Crippen molar-refractivity contribution in [2.24, 2.45) is 0 Å². The Balaban J connectivity index is 2.21. The maximum atomic E-state index is 5.86. The third kappa shape index (κ3) is 5.49. The van der Waals surface area contributed by atoms with Gasteiger partial charge in [0.1, 0.15) is 9.67 Å². The molecule has 120 valence electrons. The predicted molar refractivity (Wildman–Crippen MR) is 101 cm³/mol. The first-order valence-electron chi connectivity index (χ1n) is 7.63. The van der Waals surface area contributed by atoms with Gasteiger partial charge in [0, 0.05) is 0 Å². The fourth-order valence-electron chi connectivity index (χ4n) is 2.79. The number of fused-ring (bicyclic) bond motifs is 1. The molecule has 0 nitrogen and oxygen atoms in total. The van der Waals surface area contributed by atoms with Crippen molar-refractivity contribution in [3.8, 4) is 0 Å². The minimum atomic E-state index is -0.285. The lowest BCUT2D eigenvalue weighted by atomic mass is 9.92. The molecule has 0 bridgehead atoms. The minimum Gasteiger partial charge on any atom is -0.105 e. The van der Waals surface area contributed by atoms with E-state index in [1.807, 2.05) is 0 Å². The first kappa shape index (κ1) is 18.2. The molecule has 22 heavy (non-hydrogen) atoms. The van der Waals surface area contributed by atoms with E-state index in [-0.39, 0.29) is 9.67 Å². The first-order chi connectivity index (χ1) is 10.6. The lowest BCUT2D eigenvalue weighted by Crippen LogP contribution is -1.99. The summed E-state index contributed by atoms with van der Waals surface area (Å²) < 4.78 is 0. The molecule has 2 aromatic carbocycles. The van der Waals surface area contributed by atoms with E-state index < -0.39 is 0 Å². The van der Waals surface area contributed by atoms with Crippen molar-refractivity contribution in [3.63, 3.8) is 0 Å². The summed E-state index contributed by atoms with van der Waals surface area (Å²) in [5.41, 5.74) is 2.79. The smallest absolute Gasteiger partial charge is 0.105 e. The van der Waals surface area contributed by atoms with Crippen LogP contribution in [0.2, 0.25) is 0 Å². The Labute approximate surface area is 152 Å². The van der Waals surface area contributed by atoms with Gasteiger partial charge < -0.3 is 0 Å². The second kappa shape index (κ2) is 9.23. The van der Waals surface area contributed by atoms with Crippen LogP contribution in [-0.4, -0.2) is 9.67 Å². The summed E-state index contributed by atoms with van der Waals surface area (Å²) in [4.78, 5) is -0.566. The number of alkyl halides is 4. The van der Waals surface area contributed by atoms with Crippen molar-refractivity contribution >= 4 is 57.2 Å². The third-order valence-electron chi connectivity index (χ3n) is 3.86. The highest BCUT2D eigenvalue weighted by Gasteiger charge is 2.09. The van der Waals surface area contributed by atoms with Crippen LogP contribution in [-0.2, 0) is 12.8 Å². The van der Waals surface area contributed by atoms with Gasteiger partial charge in [0.25, 0.3) is 0 Å². The Kier molecular flexibility index (Phi) is 7.63. The van der Waals surface area contributed by atoms with E-state index in [1.54, 1.807) is 0 Å². The zero-order valence-corrected chi connectivity index (χ0v) is 15.4. The molecular weight excluding hydrogens is 358 g/mol. The SMILES string of the molecule is ClC(Cl)CCCc1ccc2ccccc2c1CCCC(Cl)Cl. The minimum absolute atomic E-state index is 0.280. The van der Waals surface area contributed by atoms with Crippen molar-refractivity contribution < 1.29 is 0 Å². The van der Waals surface area contributed by atoms with Gasteiger partial charge in [-0.15, -0.1) is 46.4 Å². The molecule has 0 fully saturated rings. The lowest BCUT2D eigenvalue weighted by Gasteiger charge is -2.14. The summed E-state index contributed by atoms with van der Waals surface area (Å²) in [7, 11) is 0. The number of aryl methyl sites for hydroxylation is 2. The largest absolute Gasteiger partial charge is 0.107 e. The second-order valence-corrected chi connectivity index (χ2v) is 8.05. The molecule has 4 heteroatoms. The number of hydrogen-bond acceptors (Lipinski definition) is 0. The Hall–Kier alpha value is -0.140. The number of hydrogen-bond donors (Lipinski definition) is 0. The Morgan fingerprint density at radius 3 is 2.05 bits per heavy atom. The molecule has 0 aliphatic heterocycles. The maximum Gasteiger partial charge on any atom is 0.107 e. The van der Waals surface area contributed by atoms with Crippen LogP contribution in [0.1, 0.15) is 36.8 Å². The van der Waals surface area contributed by atoms with Gasteiger partial charge in [0.15, 0.2) is 0 Å². The van der Waals surface area contributed by atoms with Crippen LogP contribution in [0, 0.1) is 0 Å². The van der Waals surface area contributed by atoms with E-state index in [0.717, 1.165) is 38.5 Å². The molecule has 0 aliphatic carbocycles. The summed E-state index contributed by atoms with van der Waals surface area (Å²) in [6.45, 7) is 0. The average Bonchev–Trinajstić information content (AvgIpc) is 2.48. The van der Waals surface area contributed by atoms with E-state index in [2.05, 4.69) is 36.4 Å². The van der Waals surface area contributed by atoms with Crippen LogP contribution in [0.5, 0.6) is 0 Å². The standard InChI is InChI=1S/C18H20Cl4/c19-17(20)9-3-6-14-12-11-13-5-1-2-7-15(13)16(14)8-4-10-18(21)22/h1-2,5,7,11-12,17-18H,3-4,6,8-10H2. The zero-order chi connectivity index (χ0) is 15.9. The summed E-state index contributed by atoms with van der Waals surface area (Å²) in [5.74, 6) is 0. The predicted octanol–water partition coefficient (Wildman–Crippen LogP) is 7.09. The molecule has 0 saturated carbocycles. The third-order valence-corrected chi connectivity index (χ3v) is 4.73. The molecule has 0 heterocycles. The molecule has 0 aliphatic rings. The topological polar surface area (TPSA) is 0 Å². The van der Waals surface area contributed by atoms with Crippen molar-refractivity contribution in [1.82, 2.24) is 0 Å². The van der Waals surface area contributed by atoms with Gasteiger partial charge in [0.2, 0.25) is 0 Å². The maximum absolute atomic E-state index is 5.86. The van der Waals surface area contributed by atoms with Crippen LogP contribution in [0.15, 0.2) is 36.4 Å². The average molecular weight is 378 g/mol. The van der Waals surface area contributed by atoms with E-state index >= 15 is 0 Å². The fraction of sp³-hybridized carbons (Fsp3) is 0.444. The molecule has 0 radical (unpaired) electrons. The highest BCUT2D eigenvalue weighted by Crippen LogP contribution is 2.27. The molecule has 0 amide bonds. The second-order valence-electron chi connectivity index (χ2n) is 5.49. The van der Waals surface area contributed by atoms with Gasteiger partial charge in [-0.3, -0.25) is 0 Å². The molecular formula is C18H20Cl4. The summed E-state index contributed by atoms with van der Waals surface area (Å²) in [6, 6.07) is 12.9. The van der Waals surface area contributed by atoms with Crippen molar-refractivity contribution in [1.29, 1.82) is 0 Å². The Morgan fingerprint density at radius 1 is 0.727 bits per heavy atom. The van der Waals surface area contributed by atoms with Gasteiger partial charge in [-0.2, -0.15) is 0 Å². The Morgan fingerprint density at radius 2 is 1.36 bits per heavy atom. The van der Waals surface area contributed by atoms with Crippen LogP contribution in [0.4, 0.5) is 0 Å². The van der Waals surface area contributed by atoms with Gasteiger partial charge in [0.05, 0.1) is 0 Å². The number of rotatable bonds is 8. The molecule has 2 rings (SSSR count). The quantitative estimate of drug-likeness (QED) is 0.430. The molecule has 0 atom stereocenters. The van der Waals surface area contributed by atoms with Crippen LogP contribution < -0.4 is 0 Å². The first-order valence-corrected chi connectivity index (χ1v) is 9.38. The molecule has 2 aromatic rings. The van der Waals surface area contributed by atoms with E-state index in [0.29, 0.717) is 0 Å². The molecule has 0 unspecified atom stereocenters. The van der Waals surface area contributed by atoms with Crippen LogP contribution in [0.25, 0.3) is 10.8 Å². The Bertz CT molecular complexity index is 593. The molecule has 0 spiro atoms. The van der Waals surface area contributed by atoms with Crippen molar-refractivity contribution in [2.75, 3.05) is 0 Å². The monoisotopic (exact) mass is 376 g/mol. The van der Waals surface area contributed by atoms with Crippen molar-refractivity contribution in [3.05, 3.63) is 47.5 Å². The fourth-order valence-corrected chi connectivity index (χ4v) is 3.41. The summed E-state index contributed by atoms with van der Waals surface area (Å²) >= 11 is 23.4.